The topological polar surface area (TPSA) is 55.6 Å². The average molecular weight is 270 g/mol. The zero-order valence-corrected chi connectivity index (χ0v) is 12.8. The van der Waals surface area contributed by atoms with Crippen molar-refractivity contribution >= 4 is 5.97 Å². The van der Waals surface area contributed by atoms with Crippen molar-refractivity contribution < 1.29 is 9.53 Å². The number of rotatable bonds is 8. The summed E-state index contributed by atoms with van der Waals surface area (Å²) in [6.07, 6.45) is 8.20. The zero-order chi connectivity index (χ0) is 14.3. The van der Waals surface area contributed by atoms with Gasteiger partial charge < -0.3 is 15.4 Å². The third-order valence-corrected chi connectivity index (χ3v) is 4.15. The molecule has 1 unspecified atom stereocenters. The molecule has 0 aromatic heterocycles. The average Bonchev–Trinajstić information content (AvgIpc) is 2.88. The van der Waals surface area contributed by atoms with Crippen molar-refractivity contribution in [3.63, 3.8) is 0 Å². The Kier molecular flexibility index (Phi) is 6.80. The van der Waals surface area contributed by atoms with Crippen LogP contribution in [0.3, 0.4) is 0 Å². The Bertz CT molecular complexity index is 273. The summed E-state index contributed by atoms with van der Waals surface area (Å²) in [4.78, 5) is 14.1. The standard InChI is InChI=1S/C15H30N2O2/c1-4-19-14(18)15(2,16)11-7-8-12-17(3)13-9-5-6-10-13/h13H,4-12,16H2,1-3H3. The third-order valence-electron chi connectivity index (χ3n) is 4.15. The van der Waals surface area contributed by atoms with E-state index in [-0.39, 0.29) is 5.97 Å². The van der Waals surface area contributed by atoms with Gasteiger partial charge in [-0.25, -0.2) is 0 Å². The molecule has 4 nitrogen and oxygen atoms in total. The van der Waals surface area contributed by atoms with Crippen molar-refractivity contribution in [2.45, 2.75) is 70.4 Å². The highest BCUT2D eigenvalue weighted by atomic mass is 16.5. The minimum Gasteiger partial charge on any atom is -0.465 e. The Morgan fingerprint density at radius 1 is 1.37 bits per heavy atom. The van der Waals surface area contributed by atoms with Gasteiger partial charge in [0.2, 0.25) is 0 Å². The molecule has 1 saturated carbocycles. The lowest BCUT2D eigenvalue weighted by atomic mass is 9.96. The zero-order valence-electron chi connectivity index (χ0n) is 12.8. The molecule has 19 heavy (non-hydrogen) atoms. The van der Waals surface area contributed by atoms with E-state index < -0.39 is 5.54 Å². The molecule has 1 aliphatic carbocycles. The van der Waals surface area contributed by atoms with E-state index in [9.17, 15) is 4.79 Å². The van der Waals surface area contributed by atoms with Crippen molar-refractivity contribution in [3.05, 3.63) is 0 Å². The molecule has 4 heteroatoms. The molecule has 0 amide bonds. The molecule has 0 bridgehead atoms. The summed E-state index contributed by atoms with van der Waals surface area (Å²) in [7, 11) is 2.21. The Hall–Kier alpha value is -0.610. The number of ether oxygens (including phenoxy) is 1. The molecular formula is C15H30N2O2. The van der Waals surface area contributed by atoms with Gasteiger partial charge in [0.1, 0.15) is 5.54 Å². The van der Waals surface area contributed by atoms with E-state index in [0.29, 0.717) is 13.0 Å². The summed E-state index contributed by atoms with van der Waals surface area (Å²) in [5.41, 5.74) is 5.17. The number of carbonyl (C=O) groups is 1. The van der Waals surface area contributed by atoms with Gasteiger partial charge in [0.25, 0.3) is 0 Å². The number of hydrogen-bond donors (Lipinski definition) is 1. The molecule has 0 aliphatic heterocycles. The van der Waals surface area contributed by atoms with E-state index in [0.717, 1.165) is 25.4 Å². The number of nitrogens with two attached hydrogens (primary N) is 1. The third kappa shape index (κ3) is 5.49. The summed E-state index contributed by atoms with van der Waals surface area (Å²) in [6.45, 7) is 5.08. The lowest BCUT2D eigenvalue weighted by molar-refractivity contribution is -0.149. The molecule has 0 radical (unpaired) electrons. The van der Waals surface area contributed by atoms with Gasteiger partial charge in [-0.2, -0.15) is 0 Å². The van der Waals surface area contributed by atoms with Crippen LogP contribution in [0, 0.1) is 0 Å². The molecule has 1 rings (SSSR count). The first-order valence-corrected chi connectivity index (χ1v) is 7.63. The van der Waals surface area contributed by atoms with Crippen LogP contribution < -0.4 is 5.73 Å². The Balaban J connectivity index is 2.17. The molecular weight excluding hydrogens is 240 g/mol. The summed E-state index contributed by atoms with van der Waals surface area (Å²) in [6, 6.07) is 0.773. The van der Waals surface area contributed by atoms with Gasteiger partial charge in [-0.3, -0.25) is 4.79 Å². The van der Waals surface area contributed by atoms with Crippen LogP contribution in [-0.2, 0) is 9.53 Å². The van der Waals surface area contributed by atoms with Crippen LogP contribution in [0.25, 0.3) is 0 Å². The SMILES string of the molecule is CCOC(=O)C(C)(N)CCCCN(C)C1CCCC1. The van der Waals surface area contributed by atoms with Gasteiger partial charge in [0, 0.05) is 6.04 Å². The van der Waals surface area contributed by atoms with Crippen LogP contribution in [0.2, 0.25) is 0 Å². The van der Waals surface area contributed by atoms with Gasteiger partial charge in [0.05, 0.1) is 6.61 Å². The second kappa shape index (κ2) is 7.85. The summed E-state index contributed by atoms with van der Waals surface area (Å²) < 4.78 is 4.99. The Labute approximate surface area is 117 Å². The predicted octanol–water partition coefficient (Wildman–Crippen LogP) is 2.31. The molecule has 0 heterocycles. The van der Waals surface area contributed by atoms with E-state index in [1.807, 2.05) is 6.92 Å². The fourth-order valence-corrected chi connectivity index (χ4v) is 2.78. The fraction of sp³-hybridized carbons (Fsp3) is 0.933. The maximum absolute atomic E-state index is 11.6. The monoisotopic (exact) mass is 270 g/mol. The van der Waals surface area contributed by atoms with Crippen LogP contribution in [0.15, 0.2) is 0 Å². The first-order chi connectivity index (χ1) is 8.97. The molecule has 1 fully saturated rings. The van der Waals surface area contributed by atoms with Crippen LogP contribution in [0.1, 0.15) is 58.8 Å². The predicted molar refractivity (Wildman–Crippen MR) is 78.0 cm³/mol. The van der Waals surface area contributed by atoms with Crippen LogP contribution in [0.5, 0.6) is 0 Å². The molecule has 112 valence electrons. The maximum Gasteiger partial charge on any atom is 0.325 e. The maximum atomic E-state index is 11.6. The van der Waals surface area contributed by atoms with Gasteiger partial charge in [-0.1, -0.05) is 12.8 Å². The van der Waals surface area contributed by atoms with Crippen molar-refractivity contribution in [2.24, 2.45) is 5.73 Å². The minimum atomic E-state index is -0.831. The van der Waals surface area contributed by atoms with Crippen molar-refractivity contribution in [3.8, 4) is 0 Å². The van der Waals surface area contributed by atoms with Gasteiger partial charge in [-0.15, -0.1) is 0 Å². The number of hydrogen-bond acceptors (Lipinski definition) is 4. The van der Waals surface area contributed by atoms with E-state index in [1.54, 1.807) is 6.92 Å². The molecule has 1 atom stereocenters. The second-order valence-corrected chi connectivity index (χ2v) is 6.01. The fourth-order valence-electron chi connectivity index (χ4n) is 2.78. The summed E-state index contributed by atoms with van der Waals surface area (Å²) in [5.74, 6) is -0.279. The Morgan fingerprint density at radius 2 is 2.00 bits per heavy atom. The van der Waals surface area contributed by atoms with Crippen LogP contribution in [-0.4, -0.2) is 42.6 Å². The first kappa shape index (κ1) is 16.4. The quantitative estimate of drug-likeness (QED) is 0.543. The van der Waals surface area contributed by atoms with Gasteiger partial charge >= 0.3 is 5.97 Å². The highest BCUT2D eigenvalue weighted by Crippen LogP contribution is 2.22. The van der Waals surface area contributed by atoms with Crippen LogP contribution >= 0.6 is 0 Å². The Morgan fingerprint density at radius 3 is 2.58 bits per heavy atom. The lowest BCUT2D eigenvalue weighted by Crippen LogP contribution is -2.46. The molecule has 0 spiro atoms. The second-order valence-electron chi connectivity index (χ2n) is 6.01. The largest absolute Gasteiger partial charge is 0.465 e. The van der Waals surface area contributed by atoms with E-state index >= 15 is 0 Å². The molecule has 0 saturated heterocycles. The van der Waals surface area contributed by atoms with Crippen molar-refractivity contribution in [1.82, 2.24) is 4.90 Å². The summed E-state index contributed by atoms with van der Waals surface area (Å²) >= 11 is 0. The van der Waals surface area contributed by atoms with Gasteiger partial charge in [-0.05, 0) is 59.5 Å². The number of esters is 1. The van der Waals surface area contributed by atoms with E-state index in [2.05, 4.69) is 11.9 Å². The van der Waals surface area contributed by atoms with Crippen molar-refractivity contribution in [1.29, 1.82) is 0 Å². The smallest absolute Gasteiger partial charge is 0.325 e. The van der Waals surface area contributed by atoms with Gasteiger partial charge in [0.15, 0.2) is 0 Å². The first-order valence-electron chi connectivity index (χ1n) is 7.63. The van der Waals surface area contributed by atoms with E-state index in [1.165, 1.54) is 25.7 Å². The van der Waals surface area contributed by atoms with Crippen molar-refractivity contribution in [2.75, 3.05) is 20.2 Å². The highest BCUT2D eigenvalue weighted by molar-refractivity contribution is 5.79. The highest BCUT2D eigenvalue weighted by Gasteiger charge is 2.29. The molecule has 0 aromatic rings. The number of unbranched alkanes of at least 4 members (excludes halogenated alkanes) is 1. The normalized spacial score (nSPS) is 19.6. The van der Waals surface area contributed by atoms with E-state index in [4.69, 9.17) is 10.5 Å². The molecule has 2 N–H and O–H groups in total. The molecule has 0 aromatic carbocycles. The number of nitrogens with zero attached hydrogens (tertiary/aromatic N) is 1. The number of carbonyl (C=O) groups excluding carboxylic acids is 1. The minimum absolute atomic E-state index is 0.279. The van der Waals surface area contributed by atoms with Crippen LogP contribution in [0.4, 0.5) is 0 Å². The molecule has 1 aliphatic rings. The summed E-state index contributed by atoms with van der Waals surface area (Å²) in [5, 5.41) is 0. The lowest BCUT2D eigenvalue weighted by Gasteiger charge is -2.25.